The Hall–Kier alpha value is -0.900. The summed E-state index contributed by atoms with van der Waals surface area (Å²) in [6.07, 6.45) is 5.49. The molecule has 0 bridgehead atoms. The van der Waals surface area contributed by atoms with Crippen molar-refractivity contribution in [2.45, 2.75) is 51.2 Å². The van der Waals surface area contributed by atoms with Gasteiger partial charge in [0.2, 0.25) is 0 Å². The highest BCUT2D eigenvalue weighted by Gasteiger charge is 2.23. The molecule has 118 valence electrons. The van der Waals surface area contributed by atoms with Crippen LogP contribution in [-0.2, 0) is 6.42 Å². The van der Waals surface area contributed by atoms with Crippen LogP contribution in [0.4, 0.5) is 0 Å². The second-order valence-electron chi connectivity index (χ2n) is 6.45. The summed E-state index contributed by atoms with van der Waals surface area (Å²) in [5.41, 5.74) is 7.36. The van der Waals surface area contributed by atoms with Crippen molar-refractivity contribution in [3.8, 4) is 0 Å². The van der Waals surface area contributed by atoms with Crippen molar-refractivity contribution in [3.05, 3.63) is 35.9 Å². The molecule has 0 aromatic heterocycles. The second-order valence-corrected chi connectivity index (χ2v) is 6.45. The monoisotopic (exact) mass is 290 g/mol. The number of likely N-dealkylation sites (tertiary alicyclic amines) is 1. The van der Waals surface area contributed by atoms with Gasteiger partial charge in [0, 0.05) is 12.6 Å². The molecule has 2 rings (SSSR count). The Morgan fingerprint density at radius 1 is 1.24 bits per heavy atom. The number of β-amino-alcohol motifs (C(OH)–C–C–N with tert-alkyl or cyclic N) is 1. The maximum absolute atomic E-state index is 10.3. The van der Waals surface area contributed by atoms with Crippen molar-refractivity contribution >= 4 is 0 Å². The topological polar surface area (TPSA) is 49.5 Å². The van der Waals surface area contributed by atoms with Gasteiger partial charge >= 0.3 is 0 Å². The van der Waals surface area contributed by atoms with E-state index in [4.69, 9.17) is 5.73 Å². The predicted molar refractivity (Wildman–Crippen MR) is 88.2 cm³/mol. The molecular formula is C18H30N2O. The number of aliphatic hydroxyl groups excluding tert-OH is 1. The van der Waals surface area contributed by atoms with Crippen molar-refractivity contribution < 1.29 is 5.11 Å². The van der Waals surface area contributed by atoms with Crippen molar-refractivity contribution in [2.75, 3.05) is 19.6 Å². The van der Waals surface area contributed by atoms with E-state index >= 15 is 0 Å². The molecule has 2 atom stereocenters. The maximum Gasteiger partial charge on any atom is 0.0820 e. The van der Waals surface area contributed by atoms with Crippen molar-refractivity contribution in [2.24, 2.45) is 11.7 Å². The Bertz CT molecular complexity index is 387. The van der Waals surface area contributed by atoms with E-state index in [9.17, 15) is 5.11 Å². The SMILES string of the molecule is CCCC1CCN(CC(O)C(N)Cc2ccccc2)CC1. The zero-order chi connectivity index (χ0) is 15.1. The molecule has 0 aliphatic carbocycles. The average molecular weight is 290 g/mol. The van der Waals surface area contributed by atoms with E-state index in [0.717, 1.165) is 25.4 Å². The highest BCUT2D eigenvalue weighted by Crippen LogP contribution is 2.21. The summed E-state index contributed by atoms with van der Waals surface area (Å²) in [5, 5.41) is 10.3. The minimum Gasteiger partial charge on any atom is -0.390 e. The summed E-state index contributed by atoms with van der Waals surface area (Å²) >= 11 is 0. The van der Waals surface area contributed by atoms with Crippen LogP contribution in [0.3, 0.4) is 0 Å². The van der Waals surface area contributed by atoms with Gasteiger partial charge in [-0.05, 0) is 43.8 Å². The molecule has 1 aliphatic rings. The molecule has 0 spiro atoms. The minimum absolute atomic E-state index is 0.180. The van der Waals surface area contributed by atoms with E-state index in [-0.39, 0.29) is 6.04 Å². The number of rotatable bonds is 7. The first-order chi connectivity index (χ1) is 10.2. The first-order valence-corrected chi connectivity index (χ1v) is 8.39. The summed E-state index contributed by atoms with van der Waals surface area (Å²) in [4.78, 5) is 2.38. The molecule has 1 saturated heterocycles. The number of piperidine rings is 1. The summed E-state index contributed by atoms with van der Waals surface area (Å²) in [6.45, 7) is 5.20. The highest BCUT2D eigenvalue weighted by atomic mass is 16.3. The standard InChI is InChI=1S/C18H30N2O/c1-2-6-15-9-11-20(12-10-15)14-18(21)17(19)13-16-7-4-3-5-8-16/h3-5,7-8,15,17-18,21H,2,6,9-14,19H2,1H3. The van der Waals surface area contributed by atoms with E-state index in [2.05, 4.69) is 24.0 Å². The molecule has 3 nitrogen and oxygen atoms in total. The van der Waals surface area contributed by atoms with Gasteiger partial charge in [0.1, 0.15) is 0 Å². The lowest BCUT2D eigenvalue weighted by atomic mass is 9.92. The minimum atomic E-state index is -0.437. The van der Waals surface area contributed by atoms with Crippen LogP contribution in [-0.4, -0.2) is 41.8 Å². The zero-order valence-electron chi connectivity index (χ0n) is 13.2. The van der Waals surface area contributed by atoms with Crippen LogP contribution in [0.15, 0.2) is 30.3 Å². The Morgan fingerprint density at radius 2 is 1.90 bits per heavy atom. The molecule has 1 aromatic carbocycles. The highest BCUT2D eigenvalue weighted by molar-refractivity contribution is 5.16. The zero-order valence-corrected chi connectivity index (χ0v) is 13.2. The normalized spacial score (nSPS) is 20.3. The van der Waals surface area contributed by atoms with Crippen LogP contribution in [0.25, 0.3) is 0 Å². The summed E-state index contributed by atoms with van der Waals surface area (Å²) in [5.74, 6) is 0.890. The predicted octanol–water partition coefficient (Wildman–Crippen LogP) is 2.43. The van der Waals surface area contributed by atoms with Gasteiger partial charge < -0.3 is 15.7 Å². The lowest BCUT2D eigenvalue weighted by Gasteiger charge is -2.34. The molecule has 1 aliphatic heterocycles. The van der Waals surface area contributed by atoms with Crippen LogP contribution < -0.4 is 5.73 Å². The van der Waals surface area contributed by atoms with E-state index < -0.39 is 6.10 Å². The largest absolute Gasteiger partial charge is 0.390 e. The number of hydrogen-bond donors (Lipinski definition) is 2. The van der Waals surface area contributed by atoms with Gasteiger partial charge in [0.25, 0.3) is 0 Å². The quantitative estimate of drug-likeness (QED) is 0.811. The van der Waals surface area contributed by atoms with Crippen LogP contribution in [0, 0.1) is 5.92 Å². The fourth-order valence-electron chi connectivity index (χ4n) is 3.29. The molecule has 1 heterocycles. The van der Waals surface area contributed by atoms with Gasteiger partial charge in [-0.3, -0.25) is 0 Å². The molecule has 1 fully saturated rings. The molecule has 21 heavy (non-hydrogen) atoms. The molecule has 3 N–H and O–H groups in total. The average Bonchev–Trinajstić information content (AvgIpc) is 2.50. The molecule has 0 radical (unpaired) electrons. The van der Waals surface area contributed by atoms with Gasteiger partial charge in [-0.15, -0.1) is 0 Å². The molecule has 1 aromatic rings. The fraction of sp³-hybridized carbons (Fsp3) is 0.667. The third-order valence-electron chi connectivity index (χ3n) is 4.66. The lowest BCUT2D eigenvalue weighted by Crippen LogP contribution is -2.46. The van der Waals surface area contributed by atoms with Gasteiger partial charge in [0.05, 0.1) is 6.10 Å². The van der Waals surface area contributed by atoms with Crippen LogP contribution in [0.2, 0.25) is 0 Å². The van der Waals surface area contributed by atoms with Crippen LogP contribution in [0.5, 0.6) is 0 Å². The second kappa shape index (κ2) is 8.52. The van der Waals surface area contributed by atoms with Crippen molar-refractivity contribution in [3.63, 3.8) is 0 Å². The number of hydrogen-bond acceptors (Lipinski definition) is 3. The Labute approximate surface area is 129 Å². The van der Waals surface area contributed by atoms with Crippen molar-refractivity contribution in [1.82, 2.24) is 4.90 Å². The van der Waals surface area contributed by atoms with Crippen LogP contribution >= 0.6 is 0 Å². The number of nitrogens with zero attached hydrogens (tertiary/aromatic N) is 1. The van der Waals surface area contributed by atoms with Gasteiger partial charge in [-0.1, -0.05) is 50.1 Å². The molecule has 0 saturated carbocycles. The summed E-state index contributed by atoms with van der Waals surface area (Å²) in [6, 6.07) is 10.0. The van der Waals surface area contributed by atoms with Gasteiger partial charge in [0.15, 0.2) is 0 Å². The van der Waals surface area contributed by atoms with Gasteiger partial charge in [-0.2, -0.15) is 0 Å². The lowest BCUT2D eigenvalue weighted by molar-refractivity contribution is 0.0715. The fourth-order valence-corrected chi connectivity index (χ4v) is 3.29. The molecule has 0 amide bonds. The number of aliphatic hydroxyl groups is 1. The summed E-state index contributed by atoms with van der Waals surface area (Å²) in [7, 11) is 0. The Kier molecular flexibility index (Phi) is 6.68. The first-order valence-electron chi connectivity index (χ1n) is 8.39. The molecular weight excluding hydrogens is 260 g/mol. The van der Waals surface area contributed by atoms with Gasteiger partial charge in [-0.25, -0.2) is 0 Å². The number of benzene rings is 1. The Morgan fingerprint density at radius 3 is 2.52 bits per heavy atom. The van der Waals surface area contributed by atoms with E-state index in [1.807, 2.05) is 18.2 Å². The van der Waals surface area contributed by atoms with Crippen LogP contribution in [0.1, 0.15) is 38.2 Å². The van der Waals surface area contributed by atoms with E-state index in [0.29, 0.717) is 6.54 Å². The van der Waals surface area contributed by atoms with E-state index in [1.54, 1.807) is 0 Å². The number of nitrogens with two attached hydrogens (primary N) is 1. The van der Waals surface area contributed by atoms with Crippen molar-refractivity contribution in [1.29, 1.82) is 0 Å². The smallest absolute Gasteiger partial charge is 0.0820 e. The third kappa shape index (κ3) is 5.42. The maximum atomic E-state index is 10.3. The van der Waals surface area contributed by atoms with E-state index in [1.165, 1.54) is 31.2 Å². The summed E-state index contributed by atoms with van der Waals surface area (Å²) < 4.78 is 0. The molecule has 2 unspecified atom stereocenters. The first kappa shape index (κ1) is 16.5. The Balaban J connectivity index is 1.73. The molecule has 3 heteroatoms. The third-order valence-corrected chi connectivity index (χ3v) is 4.66.